The first-order valence-electron chi connectivity index (χ1n) is 10.1. The second-order valence-corrected chi connectivity index (χ2v) is 8.14. The van der Waals surface area contributed by atoms with Gasteiger partial charge < -0.3 is 14.6 Å². The molecule has 5 rings (SSSR count). The summed E-state index contributed by atoms with van der Waals surface area (Å²) in [7, 11) is 0. The Balaban J connectivity index is 1.22. The van der Waals surface area contributed by atoms with E-state index in [9.17, 15) is 4.79 Å². The average molecular weight is 392 g/mol. The highest BCUT2D eigenvalue weighted by atomic mass is 16.4. The number of likely N-dealkylation sites (tertiary alicyclic amines) is 1. The molecule has 8 heteroatoms. The third-order valence-electron chi connectivity index (χ3n) is 6.11. The smallest absolute Gasteiger partial charge is 0.316 e. The van der Waals surface area contributed by atoms with Crippen molar-refractivity contribution in [1.29, 1.82) is 0 Å². The van der Waals surface area contributed by atoms with Gasteiger partial charge in [-0.05, 0) is 44.1 Å². The van der Waals surface area contributed by atoms with E-state index >= 15 is 0 Å². The van der Waals surface area contributed by atoms with E-state index in [0.717, 1.165) is 37.2 Å². The summed E-state index contributed by atoms with van der Waals surface area (Å²) in [6.07, 6.45) is 4.90. The maximum Gasteiger partial charge on any atom is 0.316 e. The highest BCUT2D eigenvalue weighted by molar-refractivity contribution is 5.83. The number of carbonyl (C=O) groups is 1. The van der Waals surface area contributed by atoms with Crippen LogP contribution in [-0.2, 0) is 4.79 Å². The van der Waals surface area contributed by atoms with Crippen molar-refractivity contribution in [2.24, 2.45) is 5.41 Å². The summed E-state index contributed by atoms with van der Waals surface area (Å²) in [5.41, 5.74) is 2.99. The number of nitrogens with zero attached hydrogens (tertiary/aromatic N) is 4. The fraction of sp³-hybridized carbons (Fsp3) is 0.429. The topological polar surface area (TPSA) is 99.9 Å². The standard InChI is InChI=1S/C21H24N6O2/c1-14(19(28)27-11-9-21(7-8-21)10-12-27)22-20-26-25-18(29-20)17-13-16(23-24-17)15-5-3-2-4-6-15/h2-6,13-14H,7-12H2,1H3,(H,22,26)(H,23,24)/t14-/m0/s1. The monoisotopic (exact) mass is 392 g/mol. The summed E-state index contributed by atoms with van der Waals surface area (Å²) < 4.78 is 5.69. The molecule has 8 nitrogen and oxygen atoms in total. The molecule has 2 N–H and O–H groups in total. The van der Waals surface area contributed by atoms with E-state index < -0.39 is 6.04 Å². The Bertz CT molecular complexity index is 997. The molecule has 2 aliphatic rings. The third-order valence-corrected chi connectivity index (χ3v) is 6.11. The van der Waals surface area contributed by atoms with Crippen LogP contribution >= 0.6 is 0 Å². The molecule has 1 amide bonds. The number of carbonyl (C=O) groups excluding carboxylic acids is 1. The minimum absolute atomic E-state index is 0.0770. The lowest BCUT2D eigenvalue weighted by molar-refractivity contribution is -0.133. The molecule has 1 saturated heterocycles. The lowest BCUT2D eigenvalue weighted by Crippen LogP contribution is -2.45. The number of aromatic nitrogens is 4. The lowest BCUT2D eigenvalue weighted by Gasteiger charge is -2.33. The Morgan fingerprint density at radius 2 is 1.93 bits per heavy atom. The fourth-order valence-corrected chi connectivity index (χ4v) is 3.98. The van der Waals surface area contributed by atoms with Gasteiger partial charge in [-0.1, -0.05) is 35.4 Å². The molecule has 3 aromatic rings. The Kier molecular flexibility index (Phi) is 4.34. The Hall–Kier alpha value is -3.16. The van der Waals surface area contributed by atoms with Crippen LogP contribution in [0.4, 0.5) is 6.01 Å². The van der Waals surface area contributed by atoms with E-state index in [4.69, 9.17) is 4.42 Å². The summed E-state index contributed by atoms with van der Waals surface area (Å²) in [5.74, 6) is 0.406. The van der Waals surface area contributed by atoms with Crippen molar-refractivity contribution < 1.29 is 9.21 Å². The quantitative estimate of drug-likeness (QED) is 0.691. The van der Waals surface area contributed by atoms with E-state index in [1.807, 2.05) is 48.2 Å². The van der Waals surface area contributed by atoms with Crippen LogP contribution in [0.15, 0.2) is 40.8 Å². The molecule has 2 fully saturated rings. The van der Waals surface area contributed by atoms with Crippen molar-refractivity contribution in [1.82, 2.24) is 25.3 Å². The molecule has 1 aliphatic heterocycles. The van der Waals surface area contributed by atoms with E-state index in [2.05, 4.69) is 25.7 Å². The molecule has 0 unspecified atom stereocenters. The number of hydrogen-bond donors (Lipinski definition) is 2. The van der Waals surface area contributed by atoms with Crippen LogP contribution in [-0.4, -0.2) is 50.3 Å². The molecule has 1 atom stereocenters. The first-order valence-corrected chi connectivity index (χ1v) is 10.1. The van der Waals surface area contributed by atoms with Crippen LogP contribution in [0.2, 0.25) is 0 Å². The fourth-order valence-electron chi connectivity index (χ4n) is 3.98. The van der Waals surface area contributed by atoms with Crippen LogP contribution in [0.1, 0.15) is 32.6 Å². The van der Waals surface area contributed by atoms with Gasteiger partial charge in [0.25, 0.3) is 5.89 Å². The third kappa shape index (κ3) is 3.62. The number of hydrogen-bond acceptors (Lipinski definition) is 6. The van der Waals surface area contributed by atoms with Gasteiger partial charge in [0.15, 0.2) is 0 Å². The van der Waals surface area contributed by atoms with Crippen molar-refractivity contribution in [2.75, 3.05) is 18.4 Å². The summed E-state index contributed by atoms with van der Waals surface area (Å²) >= 11 is 0. The molecule has 29 heavy (non-hydrogen) atoms. The molecule has 0 bridgehead atoms. The highest BCUT2D eigenvalue weighted by Gasteiger charge is 2.45. The van der Waals surface area contributed by atoms with Gasteiger partial charge in [-0.15, -0.1) is 5.10 Å². The van der Waals surface area contributed by atoms with E-state index in [0.29, 0.717) is 17.0 Å². The molecular weight excluding hydrogens is 368 g/mol. The minimum Gasteiger partial charge on any atom is -0.402 e. The second-order valence-electron chi connectivity index (χ2n) is 8.14. The van der Waals surface area contributed by atoms with E-state index in [-0.39, 0.29) is 11.9 Å². The summed E-state index contributed by atoms with van der Waals surface area (Å²) in [6.45, 7) is 3.52. The van der Waals surface area contributed by atoms with Gasteiger partial charge >= 0.3 is 6.01 Å². The number of piperidine rings is 1. The summed E-state index contributed by atoms with van der Waals surface area (Å²) in [6, 6.07) is 11.5. The van der Waals surface area contributed by atoms with Crippen molar-refractivity contribution in [3.05, 3.63) is 36.4 Å². The molecule has 1 aliphatic carbocycles. The number of rotatable bonds is 5. The molecular formula is C21H24N6O2. The predicted molar refractivity (Wildman–Crippen MR) is 108 cm³/mol. The molecule has 1 saturated carbocycles. The number of amides is 1. The SMILES string of the molecule is C[C@H](Nc1nnc(-c2cc(-c3ccccc3)n[nH]2)o1)C(=O)N1CCC2(CC1)CC2. The Morgan fingerprint density at radius 3 is 2.66 bits per heavy atom. The van der Waals surface area contributed by atoms with Crippen molar-refractivity contribution in [3.8, 4) is 22.8 Å². The summed E-state index contributed by atoms with van der Waals surface area (Å²) in [4.78, 5) is 14.7. The van der Waals surface area contributed by atoms with Crippen LogP contribution in [0, 0.1) is 5.41 Å². The highest BCUT2D eigenvalue weighted by Crippen LogP contribution is 2.53. The van der Waals surface area contributed by atoms with Gasteiger partial charge in [0.05, 0.1) is 5.69 Å². The van der Waals surface area contributed by atoms with Crippen LogP contribution in [0.3, 0.4) is 0 Å². The lowest BCUT2D eigenvalue weighted by atomic mass is 9.93. The van der Waals surface area contributed by atoms with Gasteiger partial charge in [0.2, 0.25) is 5.91 Å². The Morgan fingerprint density at radius 1 is 1.17 bits per heavy atom. The number of H-pyrrole nitrogens is 1. The zero-order valence-electron chi connectivity index (χ0n) is 16.4. The van der Waals surface area contributed by atoms with E-state index in [1.54, 1.807) is 0 Å². The Labute approximate surface area is 168 Å². The first-order chi connectivity index (χ1) is 14.1. The van der Waals surface area contributed by atoms with Crippen LogP contribution in [0.5, 0.6) is 0 Å². The summed E-state index contributed by atoms with van der Waals surface area (Å²) in [5, 5.41) is 18.4. The molecule has 150 valence electrons. The molecule has 1 spiro atoms. The number of aromatic amines is 1. The van der Waals surface area contributed by atoms with Gasteiger partial charge in [-0.25, -0.2) is 0 Å². The maximum absolute atomic E-state index is 12.7. The van der Waals surface area contributed by atoms with Crippen molar-refractivity contribution >= 4 is 11.9 Å². The molecule has 2 aromatic heterocycles. The molecule has 3 heterocycles. The average Bonchev–Trinajstić information content (AvgIpc) is 3.15. The number of benzene rings is 1. The normalized spacial score (nSPS) is 18.6. The molecule has 0 radical (unpaired) electrons. The maximum atomic E-state index is 12.7. The molecule has 1 aromatic carbocycles. The van der Waals surface area contributed by atoms with Crippen molar-refractivity contribution in [3.63, 3.8) is 0 Å². The van der Waals surface area contributed by atoms with Crippen LogP contribution < -0.4 is 5.32 Å². The van der Waals surface area contributed by atoms with Crippen molar-refractivity contribution in [2.45, 2.75) is 38.6 Å². The van der Waals surface area contributed by atoms with Crippen LogP contribution in [0.25, 0.3) is 22.8 Å². The largest absolute Gasteiger partial charge is 0.402 e. The van der Waals surface area contributed by atoms with Gasteiger partial charge in [-0.2, -0.15) is 5.10 Å². The zero-order chi connectivity index (χ0) is 19.8. The predicted octanol–water partition coefficient (Wildman–Crippen LogP) is 3.33. The van der Waals surface area contributed by atoms with Gasteiger partial charge in [0, 0.05) is 18.7 Å². The van der Waals surface area contributed by atoms with Gasteiger partial charge in [0.1, 0.15) is 11.7 Å². The van der Waals surface area contributed by atoms with E-state index in [1.165, 1.54) is 12.8 Å². The number of anilines is 1. The second kappa shape index (κ2) is 7.02. The van der Waals surface area contributed by atoms with Gasteiger partial charge in [-0.3, -0.25) is 9.89 Å². The number of nitrogens with one attached hydrogen (secondary N) is 2. The minimum atomic E-state index is -0.418. The zero-order valence-corrected chi connectivity index (χ0v) is 16.4. The first kappa shape index (κ1) is 17.9.